The third-order valence-electron chi connectivity index (χ3n) is 3.66. The summed E-state index contributed by atoms with van der Waals surface area (Å²) in [4.78, 5) is 2.20. The molecule has 1 atom stereocenters. The molecule has 1 heterocycles. The highest BCUT2D eigenvalue weighted by Crippen LogP contribution is 2.30. The van der Waals surface area contributed by atoms with E-state index in [0.29, 0.717) is 0 Å². The first kappa shape index (κ1) is 13.7. The summed E-state index contributed by atoms with van der Waals surface area (Å²) in [5.41, 5.74) is 0.331. The lowest BCUT2D eigenvalue weighted by Gasteiger charge is -2.43. The highest BCUT2D eigenvalue weighted by Gasteiger charge is 2.34. The topological polar surface area (TPSA) is 35.5 Å². The van der Waals surface area contributed by atoms with Crippen molar-refractivity contribution in [1.82, 2.24) is 10.2 Å². The molecule has 2 rings (SSSR count). The van der Waals surface area contributed by atoms with Crippen LogP contribution in [0.25, 0.3) is 0 Å². The predicted octanol–water partition coefficient (Wildman–Crippen LogP) is 1.59. The Kier molecular flexibility index (Phi) is 4.22. The predicted molar refractivity (Wildman–Crippen MR) is 70.3 cm³/mol. The summed E-state index contributed by atoms with van der Waals surface area (Å²) in [7, 11) is 0. The van der Waals surface area contributed by atoms with Gasteiger partial charge in [0.2, 0.25) is 0 Å². The number of rotatable bonds is 3. The fourth-order valence-electron chi connectivity index (χ4n) is 2.36. The van der Waals surface area contributed by atoms with Crippen molar-refractivity contribution >= 4 is 11.6 Å². The summed E-state index contributed by atoms with van der Waals surface area (Å²) in [6.07, 6.45) is 0. The van der Waals surface area contributed by atoms with Crippen molar-refractivity contribution in [3.05, 3.63) is 34.6 Å². The van der Waals surface area contributed by atoms with Crippen LogP contribution in [0.3, 0.4) is 0 Å². The SMILES string of the molecule is CC(CO)(c1ccc(F)c(Cl)c1)N1CCNCC1. The largest absolute Gasteiger partial charge is 0.394 e. The van der Waals surface area contributed by atoms with E-state index in [1.54, 1.807) is 12.1 Å². The van der Waals surface area contributed by atoms with Gasteiger partial charge in [0.05, 0.1) is 17.2 Å². The molecule has 0 spiro atoms. The maximum absolute atomic E-state index is 13.2. The van der Waals surface area contributed by atoms with Crippen LogP contribution < -0.4 is 5.32 Å². The van der Waals surface area contributed by atoms with Crippen LogP contribution in [0.2, 0.25) is 5.02 Å². The molecule has 5 heteroatoms. The zero-order valence-corrected chi connectivity index (χ0v) is 11.2. The number of benzene rings is 1. The van der Waals surface area contributed by atoms with Crippen molar-refractivity contribution in [3.63, 3.8) is 0 Å². The smallest absolute Gasteiger partial charge is 0.141 e. The van der Waals surface area contributed by atoms with Gasteiger partial charge < -0.3 is 10.4 Å². The lowest BCUT2D eigenvalue weighted by Crippen LogP contribution is -2.54. The molecule has 1 aromatic rings. The van der Waals surface area contributed by atoms with Gasteiger partial charge in [0.1, 0.15) is 5.82 Å². The zero-order valence-electron chi connectivity index (χ0n) is 10.4. The maximum atomic E-state index is 13.2. The van der Waals surface area contributed by atoms with Gasteiger partial charge in [-0.15, -0.1) is 0 Å². The number of piperazine rings is 1. The molecule has 0 bridgehead atoms. The van der Waals surface area contributed by atoms with Crippen molar-refractivity contribution in [2.75, 3.05) is 32.8 Å². The molecule has 1 aliphatic rings. The third kappa shape index (κ3) is 2.52. The Balaban J connectivity index is 2.32. The van der Waals surface area contributed by atoms with Crippen LogP contribution in [0, 0.1) is 5.82 Å². The number of aliphatic hydroxyl groups is 1. The molecule has 2 N–H and O–H groups in total. The zero-order chi connectivity index (χ0) is 13.2. The second kappa shape index (κ2) is 5.53. The molecule has 0 aliphatic carbocycles. The van der Waals surface area contributed by atoms with Gasteiger partial charge in [-0.25, -0.2) is 4.39 Å². The Labute approximate surface area is 112 Å². The van der Waals surface area contributed by atoms with E-state index >= 15 is 0 Å². The van der Waals surface area contributed by atoms with E-state index in [2.05, 4.69) is 10.2 Å². The average Bonchev–Trinajstić information content (AvgIpc) is 2.42. The molecule has 3 nitrogen and oxygen atoms in total. The highest BCUT2D eigenvalue weighted by atomic mass is 35.5. The standard InChI is InChI=1S/C13H18ClFN2O/c1-13(9-18,17-6-4-16-5-7-17)10-2-3-12(15)11(14)8-10/h2-3,8,16,18H,4-7,9H2,1H3. The van der Waals surface area contributed by atoms with Gasteiger partial charge in [-0.05, 0) is 24.6 Å². The van der Waals surface area contributed by atoms with E-state index in [0.717, 1.165) is 31.7 Å². The molecular formula is C13H18ClFN2O. The molecule has 0 amide bonds. The number of nitrogens with one attached hydrogen (secondary N) is 1. The number of halogens is 2. The summed E-state index contributed by atoms with van der Waals surface area (Å²) in [5, 5.41) is 13.1. The molecule has 0 aromatic heterocycles. The van der Waals surface area contributed by atoms with Crippen molar-refractivity contribution in [2.45, 2.75) is 12.5 Å². The summed E-state index contributed by atoms with van der Waals surface area (Å²) < 4.78 is 13.2. The first-order chi connectivity index (χ1) is 8.58. The van der Waals surface area contributed by atoms with Crippen molar-refractivity contribution in [2.24, 2.45) is 0 Å². The molecule has 18 heavy (non-hydrogen) atoms. The Morgan fingerprint density at radius 1 is 1.44 bits per heavy atom. The van der Waals surface area contributed by atoms with Gasteiger partial charge in [0.15, 0.2) is 0 Å². The van der Waals surface area contributed by atoms with Crippen LogP contribution in [0.5, 0.6) is 0 Å². The monoisotopic (exact) mass is 272 g/mol. The number of hydrogen-bond donors (Lipinski definition) is 2. The van der Waals surface area contributed by atoms with Crippen LogP contribution in [-0.2, 0) is 5.54 Å². The number of hydrogen-bond acceptors (Lipinski definition) is 3. The Morgan fingerprint density at radius 3 is 2.67 bits per heavy atom. The van der Waals surface area contributed by atoms with Gasteiger partial charge in [0, 0.05) is 26.2 Å². The van der Waals surface area contributed by atoms with Crippen molar-refractivity contribution < 1.29 is 9.50 Å². The van der Waals surface area contributed by atoms with Crippen molar-refractivity contribution in [1.29, 1.82) is 0 Å². The average molecular weight is 273 g/mol. The lowest BCUT2D eigenvalue weighted by atomic mass is 9.90. The molecule has 0 radical (unpaired) electrons. The van der Waals surface area contributed by atoms with Gasteiger partial charge in [0.25, 0.3) is 0 Å². The summed E-state index contributed by atoms with van der Waals surface area (Å²) in [6.45, 7) is 5.43. The summed E-state index contributed by atoms with van der Waals surface area (Å²) in [5.74, 6) is -0.430. The summed E-state index contributed by atoms with van der Waals surface area (Å²) in [6, 6.07) is 4.66. The highest BCUT2D eigenvalue weighted by molar-refractivity contribution is 6.30. The normalized spacial score (nSPS) is 20.7. The van der Waals surface area contributed by atoms with E-state index in [4.69, 9.17) is 11.6 Å². The molecule has 0 saturated carbocycles. The van der Waals surface area contributed by atoms with E-state index in [1.807, 2.05) is 6.92 Å². The van der Waals surface area contributed by atoms with Crippen molar-refractivity contribution in [3.8, 4) is 0 Å². The lowest BCUT2D eigenvalue weighted by molar-refractivity contribution is 0.0311. The molecule has 1 fully saturated rings. The van der Waals surface area contributed by atoms with Crippen LogP contribution in [0.1, 0.15) is 12.5 Å². The van der Waals surface area contributed by atoms with Crippen LogP contribution in [0.4, 0.5) is 4.39 Å². The van der Waals surface area contributed by atoms with E-state index in [-0.39, 0.29) is 11.6 Å². The first-order valence-electron chi connectivity index (χ1n) is 6.10. The van der Waals surface area contributed by atoms with Gasteiger partial charge in [-0.2, -0.15) is 0 Å². The summed E-state index contributed by atoms with van der Waals surface area (Å²) >= 11 is 5.83. The molecule has 1 aromatic carbocycles. The quantitative estimate of drug-likeness (QED) is 0.877. The van der Waals surface area contributed by atoms with Gasteiger partial charge in [-0.1, -0.05) is 17.7 Å². The molecule has 1 aliphatic heterocycles. The fourth-order valence-corrected chi connectivity index (χ4v) is 2.54. The fraction of sp³-hybridized carbons (Fsp3) is 0.538. The molecular weight excluding hydrogens is 255 g/mol. The van der Waals surface area contributed by atoms with E-state index in [9.17, 15) is 9.50 Å². The Hall–Kier alpha value is -0.680. The van der Waals surface area contributed by atoms with E-state index < -0.39 is 11.4 Å². The minimum Gasteiger partial charge on any atom is -0.394 e. The number of aliphatic hydroxyl groups excluding tert-OH is 1. The Morgan fingerprint density at radius 2 is 2.11 bits per heavy atom. The second-order valence-electron chi connectivity index (χ2n) is 4.80. The molecule has 1 unspecified atom stereocenters. The van der Waals surface area contributed by atoms with Crippen LogP contribution >= 0.6 is 11.6 Å². The van der Waals surface area contributed by atoms with Gasteiger partial charge >= 0.3 is 0 Å². The number of nitrogens with zero attached hydrogens (tertiary/aromatic N) is 1. The molecule has 1 saturated heterocycles. The van der Waals surface area contributed by atoms with Crippen LogP contribution in [0.15, 0.2) is 18.2 Å². The second-order valence-corrected chi connectivity index (χ2v) is 5.21. The van der Waals surface area contributed by atoms with E-state index in [1.165, 1.54) is 6.07 Å². The third-order valence-corrected chi connectivity index (χ3v) is 3.95. The Bertz CT molecular complexity index is 423. The first-order valence-corrected chi connectivity index (χ1v) is 6.48. The molecule has 100 valence electrons. The van der Waals surface area contributed by atoms with Gasteiger partial charge in [-0.3, -0.25) is 4.90 Å². The minimum absolute atomic E-state index is 0.0189. The maximum Gasteiger partial charge on any atom is 0.141 e. The minimum atomic E-state index is -0.514. The van der Waals surface area contributed by atoms with Crippen LogP contribution in [-0.4, -0.2) is 42.8 Å².